The van der Waals surface area contributed by atoms with E-state index in [1.54, 1.807) is 17.7 Å². The number of anilines is 1. The van der Waals surface area contributed by atoms with Crippen LogP contribution in [0.1, 0.15) is 24.1 Å². The molecule has 0 spiro atoms. The van der Waals surface area contributed by atoms with Crippen LogP contribution in [0.5, 0.6) is 0 Å². The summed E-state index contributed by atoms with van der Waals surface area (Å²) in [5.74, 6) is 1.19. The first-order valence-electron chi connectivity index (χ1n) is 6.97. The molecule has 5 nitrogen and oxygen atoms in total. The number of thiophene rings is 1. The Morgan fingerprint density at radius 1 is 1.45 bits per heavy atom. The minimum absolute atomic E-state index is 0.294. The molecule has 0 unspecified atom stereocenters. The zero-order valence-corrected chi connectivity index (χ0v) is 12.4. The van der Waals surface area contributed by atoms with Crippen molar-refractivity contribution in [1.82, 2.24) is 14.9 Å². The maximum atomic E-state index is 11.5. The van der Waals surface area contributed by atoms with Gasteiger partial charge in [0.1, 0.15) is 17.0 Å². The van der Waals surface area contributed by atoms with Gasteiger partial charge >= 0.3 is 0 Å². The zero-order chi connectivity index (χ0) is 13.9. The second-order valence-corrected chi connectivity index (χ2v) is 6.30. The highest BCUT2D eigenvalue weighted by Crippen LogP contribution is 2.27. The molecule has 1 aliphatic heterocycles. The summed E-state index contributed by atoms with van der Waals surface area (Å²) in [7, 11) is 0. The fourth-order valence-electron chi connectivity index (χ4n) is 2.53. The first-order chi connectivity index (χ1) is 9.74. The van der Waals surface area contributed by atoms with Crippen LogP contribution in [0.3, 0.4) is 0 Å². The highest BCUT2D eigenvalue weighted by Gasteiger charge is 2.18. The second-order valence-electron chi connectivity index (χ2n) is 5.06. The molecular formula is C14H18N4OS. The Labute approximate surface area is 122 Å². The van der Waals surface area contributed by atoms with E-state index in [9.17, 15) is 4.79 Å². The first kappa shape index (κ1) is 13.3. The number of aryl methyl sites for hydroxylation is 1. The molecule has 0 atom stereocenters. The van der Waals surface area contributed by atoms with Gasteiger partial charge in [-0.1, -0.05) is 0 Å². The summed E-state index contributed by atoms with van der Waals surface area (Å²) >= 11 is 1.68. The van der Waals surface area contributed by atoms with Crippen LogP contribution in [-0.4, -0.2) is 40.4 Å². The summed E-state index contributed by atoms with van der Waals surface area (Å²) in [5.41, 5.74) is 0. The van der Waals surface area contributed by atoms with E-state index < -0.39 is 0 Å². The summed E-state index contributed by atoms with van der Waals surface area (Å²) in [6.07, 6.45) is 4.27. The fraction of sp³-hybridized carbons (Fsp3) is 0.500. The molecule has 2 aromatic rings. The zero-order valence-electron chi connectivity index (χ0n) is 11.6. The standard InChI is InChI=1S/C14H18N4OS/c1-10-8-11-13(16-9-17-14(11)20-10)15-5-3-7-18-6-2-4-12(18)19/h8-9H,2-7H2,1H3,(H,15,16,17). The Kier molecular flexibility index (Phi) is 3.82. The Balaban J connectivity index is 1.56. The van der Waals surface area contributed by atoms with Crippen LogP contribution < -0.4 is 5.32 Å². The van der Waals surface area contributed by atoms with E-state index in [0.717, 1.165) is 48.5 Å². The Morgan fingerprint density at radius 2 is 2.35 bits per heavy atom. The van der Waals surface area contributed by atoms with Gasteiger partial charge in [-0.05, 0) is 25.8 Å². The van der Waals surface area contributed by atoms with E-state index in [0.29, 0.717) is 12.3 Å². The maximum Gasteiger partial charge on any atom is 0.222 e. The molecule has 0 bridgehead atoms. The first-order valence-corrected chi connectivity index (χ1v) is 7.78. The number of nitrogens with one attached hydrogen (secondary N) is 1. The van der Waals surface area contributed by atoms with Crippen LogP contribution in [0.25, 0.3) is 10.2 Å². The number of carbonyl (C=O) groups excluding carboxylic acids is 1. The summed E-state index contributed by atoms with van der Waals surface area (Å²) in [6, 6.07) is 2.12. The molecule has 2 aromatic heterocycles. The topological polar surface area (TPSA) is 58.1 Å². The van der Waals surface area contributed by atoms with Gasteiger partial charge in [0.2, 0.25) is 5.91 Å². The smallest absolute Gasteiger partial charge is 0.222 e. The highest BCUT2D eigenvalue weighted by molar-refractivity contribution is 7.18. The van der Waals surface area contributed by atoms with Crippen LogP contribution in [0.15, 0.2) is 12.4 Å². The Hall–Kier alpha value is -1.69. The third-order valence-electron chi connectivity index (χ3n) is 3.52. The lowest BCUT2D eigenvalue weighted by atomic mass is 10.3. The molecule has 0 saturated carbocycles. The number of hydrogen-bond donors (Lipinski definition) is 1. The quantitative estimate of drug-likeness (QED) is 0.859. The van der Waals surface area contributed by atoms with Gasteiger partial charge in [0, 0.05) is 30.9 Å². The molecule has 3 rings (SSSR count). The van der Waals surface area contributed by atoms with Crippen molar-refractivity contribution in [3.8, 4) is 0 Å². The van der Waals surface area contributed by atoms with Crippen LogP contribution in [0.2, 0.25) is 0 Å². The lowest BCUT2D eigenvalue weighted by molar-refractivity contribution is -0.127. The maximum absolute atomic E-state index is 11.5. The number of aromatic nitrogens is 2. The molecule has 0 radical (unpaired) electrons. The van der Waals surface area contributed by atoms with Crippen molar-refractivity contribution in [1.29, 1.82) is 0 Å². The van der Waals surface area contributed by atoms with Gasteiger partial charge in [-0.3, -0.25) is 4.79 Å². The van der Waals surface area contributed by atoms with Crippen molar-refractivity contribution in [2.24, 2.45) is 0 Å². The Morgan fingerprint density at radius 3 is 3.15 bits per heavy atom. The molecule has 1 N–H and O–H groups in total. The number of nitrogens with zero attached hydrogens (tertiary/aromatic N) is 3. The van der Waals surface area contributed by atoms with Crippen molar-refractivity contribution in [2.45, 2.75) is 26.2 Å². The molecule has 0 aromatic carbocycles. The van der Waals surface area contributed by atoms with E-state index in [2.05, 4.69) is 28.3 Å². The third-order valence-corrected chi connectivity index (χ3v) is 4.48. The van der Waals surface area contributed by atoms with Crippen molar-refractivity contribution >= 4 is 33.3 Å². The van der Waals surface area contributed by atoms with E-state index >= 15 is 0 Å². The van der Waals surface area contributed by atoms with Crippen molar-refractivity contribution in [3.63, 3.8) is 0 Å². The van der Waals surface area contributed by atoms with Gasteiger partial charge in [-0.2, -0.15) is 0 Å². The highest BCUT2D eigenvalue weighted by atomic mass is 32.1. The molecule has 106 valence electrons. The largest absolute Gasteiger partial charge is 0.369 e. The molecule has 1 saturated heterocycles. The SMILES string of the molecule is Cc1cc2c(NCCCN3CCCC3=O)ncnc2s1. The summed E-state index contributed by atoms with van der Waals surface area (Å²) in [6.45, 7) is 4.66. The van der Waals surface area contributed by atoms with Gasteiger partial charge in [-0.15, -0.1) is 11.3 Å². The van der Waals surface area contributed by atoms with Gasteiger partial charge in [0.05, 0.1) is 5.39 Å². The average Bonchev–Trinajstić information content (AvgIpc) is 3.00. The van der Waals surface area contributed by atoms with Crippen LogP contribution >= 0.6 is 11.3 Å². The van der Waals surface area contributed by atoms with Gasteiger partial charge in [0.15, 0.2) is 0 Å². The summed E-state index contributed by atoms with van der Waals surface area (Å²) in [5, 5.41) is 4.45. The predicted molar refractivity (Wildman–Crippen MR) is 81.1 cm³/mol. The van der Waals surface area contributed by atoms with Gasteiger partial charge in [-0.25, -0.2) is 9.97 Å². The van der Waals surface area contributed by atoms with Gasteiger partial charge in [0.25, 0.3) is 0 Å². The number of likely N-dealkylation sites (tertiary alicyclic amines) is 1. The lowest BCUT2D eigenvalue weighted by Gasteiger charge is -2.15. The average molecular weight is 290 g/mol. The minimum Gasteiger partial charge on any atom is -0.369 e. The summed E-state index contributed by atoms with van der Waals surface area (Å²) in [4.78, 5) is 24.3. The van der Waals surface area contributed by atoms with Crippen LogP contribution in [0.4, 0.5) is 5.82 Å². The third kappa shape index (κ3) is 2.75. The lowest BCUT2D eigenvalue weighted by Crippen LogP contribution is -2.27. The van der Waals surface area contributed by atoms with Crippen LogP contribution in [0, 0.1) is 6.92 Å². The van der Waals surface area contributed by atoms with Crippen molar-refractivity contribution in [3.05, 3.63) is 17.3 Å². The molecule has 1 aliphatic rings. The number of amides is 1. The number of fused-ring (bicyclic) bond motifs is 1. The summed E-state index contributed by atoms with van der Waals surface area (Å²) < 4.78 is 0. The van der Waals surface area contributed by atoms with E-state index in [-0.39, 0.29) is 0 Å². The van der Waals surface area contributed by atoms with Crippen molar-refractivity contribution in [2.75, 3.05) is 25.0 Å². The molecule has 3 heterocycles. The minimum atomic E-state index is 0.294. The normalized spacial score (nSPS) is 15.2. The molecule has 0 aliphatic carbocycles. The number of rotatable bonds is 5. The molecule has 1 fully saturated rings. The van der Waals surface area contributed by atoms with E-state index in [4.69, 9.17) is 0 Å². The van der Waals surface area contributed by atoms with E-state index in [1.807, 2.05) is 4.90 Å². The second kappa shape index (κ2) is 5.75. The fourth-order valence-corrected chi connectivity index (χ4v) is 3.38. The molecule has 1 amide bonds. The number of carbonyl (C=O) groups is 1. The molecular weight excluding hydrogens is 272 g/mol. The number of hydrogen-bond acceptors (Lipinski definition) is 5. The van der Waals surface area contributed by atoms with Gasteiger partial charge < -0.3 is 10.2 Å². The predicted octanol–water partition coefficient (Wildman–Crippen LogP) is 2.42. The Bertz CT molecular complexity index is 625. The van der Waals surface area contributed by atoms with E-state index in [1.165, 1.54) is 4.88 Å². The molecule has 20 heavy (non-hydrogen) atoms. The monoisotopic (exact) mass is 290 g/mol. The molecule has 6 heteroatoms. The van der Waals surface area contributed by atoms with Crippen LogP contribution in [-0.2, 0) is 4.79 Å². The van der Waals surface area contributed by atoms with Crippen molar-refractivity contribution < 1.29 is 4.79 Å².